The molecule has 2 N–H and O–H groups in total. The highest BCUT2D eigenvalue weighted by Gasteiger charge is 2.23. The van der Waals surface area contributed by atoms with E-state index in [1.54, 1.807) is 25.1 Å². The molecular formula is C17H18ClF2N2O+. The Bertz CT molecular complexity index is 709. The molecule has 2 rings (SSSR count). The Kier molecular flexibility index (Phi) is 5.69. The van der Waals surface area contributed by atoms with Crippen LogP contribution in [0.5, 0.6) is 0 Å². The molecule has 0 radical (unpaired) electrons. The van der Waals surface area contributed by atoms with Crippen molar-refractivity contribution in [2.24, 2.45) is 0 Å². The van der Waals surface area contributed by atoms with Crippen molar-refractivity contribution in [2.75, 3.05) is 12.4 Å². The third kappa shape index (κ3) is 4.50. The van der Waals surface area contributed by atoms with Crippen molar-refractivity contribution in [2.45, 2.75) is 19.5 Å². The number of nitrogens with one attached hydrogen (secondary N) is 2. The van der Waals surface area contributed by atoms with Crippen LogP contribution in [0.2, 0.25) is 5.02 Å². The molecule has 0 saturated heterocycles. The zero-order chi connectivity index (χ0) is 17.0. The van der Waals surface area contributed by atoms with Gasteiger partial charge < -0.3 is 10.2 Å². The summed E-state index contributed by atoms with van der Waals surface area (Å²) in [6, 6.07) is 9.81. The molecule has 0 heterocycles. The van der Waals surface area contributed by atoms with Crippen LogP contribution in [0.1, 0.15) is 12.5 Å². The highest BCUT2D eigenvalue weighted by atomic mass is 35.5. The van der Waals surface area contributed by atoms with Gasteiger partial charge in [0.05, 0.1) is 17.8 Å². The molecule has 0 bridgehead atoms. The first kappa shape index (κ1) is 17.4. The monoisotopic (exact) mass is 339 g/mol. The van der Waals surface area contributed by atoms with E-state index in [9.17, 15) is 13.6 Å². The molecule has 0 fully saturated rings. The van der Waals surface area contributed by atoms with Gasteiger partial charge in [-0.2, -0.15) is 0 Å². The van der Waals surface area contributed by atoms with Crippen LogP contribution in [0, 0.1) is 11.6 Å². The number of hydrogen-bond donors (Lipinski definition) is 2. The van der Waals surface area contributed by atoms with Gasteiger partial charge in [-0.1, -0.05) is 29.8 Å². The second-order valence-electron chi connectivity index (χ2n) is 5.45. The lowest BCUT2D eigenvalue weighted by Crippen LogP contribution is -3.12. The summed E-state index contributed by atoms with van der Waals surface area (Å²) in [6.07, 6.45) is 0. The molecule has 2 atom stereocenters. The Morgan fingerprint density at radius 3 is 2.61 bits per heavy atom. The third-order valence-corrected chi connectivity index (χ3v) is 4.06. The van der Waals surface area contributed by atoms with Gasteiger partial charge in [0.15, 0.2) is 6.04 Å². The van der Waals surface area contributed by atoms with Crippen LogP contribution < -0.4 is 10.2 Å². The van der Waals surface area contributed by atoms with Gasteiger partial charge in [0.1, 0.15) is 18.2 Å². The second kappa shape index (κ2) is 7.53. The standard InChI is InChI=1S/C17H17ClF2N2O/c1-11(22(2)10-12-5-3-4-6-15(12)20)17(23)21-16-8-7-13(19)9-14(16)18/h3-9,11H,10H2,1-2H3,(H,21,23)/p+1/t11-/m0/s1. The van der Waals surface area contributed by atoms with Crippen LogP contribution in [-0.2, 0) is 11.3 Å². The molecule has 0 saturated carbocycles. The summed E-state index contributed by atoms with van der Waals surface area (Å²) in [5.74, 6) is -1.03. The van der Waals surface area contributed by atoms with Gasteiger partial charge in [0.25, 0.3) is 5.91 Å². The van der Waals surface area contributed by atoms with E-state index in [0.29, 0.717) is 17.8 Å². The molecule has 0 spiro atoms. The molecule has 23 heavy (non-hydrogen) atoms. The van der Waals surface area contributed by atoms with Gasteiger partial charge in [-0.3, -0.25) is 4.79 Å². The van der Waals surface area contributed by atoms with Gasteiger partial charge in [-0.05, 0) is 31.2 Å². The lowest BCUT2D eigenvalue weighted by molar-refractivity contribution is -0.908. The molecule has 1 unspecified atom stereocenters. The van der Waals surface area contributed by atoms with E-state index in [1.807, 2.05) is 7.05 Å². The maximum Gasteiger partial charge on any atom is 0.282 e. The highest BCUT2D eigenvalue weighted by Crippen LogP contribution is 2.22. The largest absolute Gasteiger partial charge is 0.324 e. The Hall–Kier alpha value is -1.98. The Morgan fingerprint density at radius 1 is 1.26 bits per heavy atom. The maximum atomic E-state index is 13.7. The fraction of sp³-hybridized carbons (Fsp3) is 0.235. The SMILES string of the molecule is C[C@@H](C(=O)Nc1ccc(F)cc1Cl)[NH+](C)Cc1ccccc1F. The van der Waals surface area contributed by atoms with Crippen molar-refractivity contribution in [3.63, 3.8) is 0 Å². The predicted octanol–water partition coefficient (Wildman–Crippen LogP) is 2.66. The molecule has 3 nitrogen and oxygen atoms in total. The van der Waals surface area contributed by atoms with Crippen LogP contribution in [-0.4, -0.2) is 19.0 Å². The average Bonchev–Trinajstić information content (AvgIpc) is 2.51. The molecule has 2 aromatic rings. The van der Waals surface area contributed by atoms with Crippen LogP contribution in [0.4, 0.5) is 14.5 Å². The number of amides is 1. The topological polar surface area (TPSA) is 33.5 Å². The molecule has 2 aromatic carbocycles. The number of quaternary nitrogens is 1. The molecule has 0 aliphatic heterocycles. The summed E-state index contributed by atoms with van der Waals surface area (Å²) in [5.41, 5.74) is 0.896. The maximum absolute atomic E-state index is 13.7. The summed E-state index contributed by atoms with van der Waals surface area (Å²) >= 11 is 5.90. The van der Waals surface area contributed by atoms with E-state index in [-0.39, 0.29) is 16.7 Å². The first-order chi connectivity index (χ1) is 10.9. The van der Waals surface area contributed by atoms with E-state index in [0.717, 1.165) is 11.0 Å². The van der Waals surface area contributed by atoms with E-state index in [2.05, 4.69) is 5.32 Å². The first-order valence-electron chi connectivity index (χ1n) is 7.20. The number of benzene rings is 2. The number of halogens is 3. The van der Waals surface area contributed by atoms with Crippen LogP contribution in [0.15, 0.2) is 42.5 Å². The average molecular weight is 340 g/mol. The summed E-state index contributed by atoms with van der Waals surface area (Å²) in [7, 11) is 1.81. The van der Waals surface area contributed by atoms with Crippen molar-refractivity contribution in [1.82, 2.24) is 0 Å². The minimum Gasteiger partial charge on any atom is -0.324 e. The molecule has 6 heteroatoms. The van der Waals surface area contributed by atoms with Crippen molar-refractivity contribution >= 4 is 23.2 Å². The van der Waals surface area contributed by atoms with Gasteiger partial charge in [0, 0.05) is 5.56 Å². The highest BCUT2D eigenvalue weighted by molar-refractivity contribution is 6.33. The second-order valence-corrected chi connectivity index (χ2v) is 5.86. The smallest absolute Gasteiger partial charge is 0.282 e. The predicted molar refractivity (Wildman–Crippen MR) is 86.5 cm³/mol. The Labute approximate surface area is 138 Å². The number of hydrogen-bond acceptors (Lipinski definition) is 1. The van der Waals surface area contributed by atoms with Crippen molar-refractivity contribution in [3.05, 3.63) is 64.7 Å². The number of rotatable bonds is 5. The molecule has 1 amide bonds. The van der Waals surface area contributed by atoms with Gasteiger partial charge in [0.2, 0.25) is 0 Å². The molecule has 122 valence electrons. The normalized spacial score (nSPS) is 13.4. The van der Waals surface area contributed by atoms with Gasteiger partial charge in [-0.15, -0.1) is 0 Å². The number of likely N-dealkylation sites (N-methyl/N-ethyl adjacent to an activating group) is 1. The van der Waals surface area contributed by atoms with Crippen LogP contribution in [0.25, 0.3) is 0 Å². The number of carbonyl (C=O) groups is 1. The molecular weight excluding hydrogens is 322 g/mol. The summed E-state index contributed by atoms with van der Waals surface area (Å²) in [6.45, 7) is 2.11. The molecule has 0 aliphatic carbocycles. The number of carbonyl (C=O) groups excluding carboxylic acids is 1. The fourth-order valence-corrected chi connectivity index (χ4v) is 2.37. The lowest BCUT2D eigenvalue weighted by atomic mass is 10.1. The number of anilines is 1. The van der Waals surface area contributed by atoms with E-state index < -0.39 is 11.9 Å². The quantitative estimate of drug-likeness (QED) is 0.862. The Morgan fingerprint density at radius 2 is 1.96 bits per heavy atom. The van der Waals surface area contributed by atoms with Crippen LogP contribution >= 0.6 is 11.6 Å². The fourth-order valence-electron chi connectivity index (χ4n) is 2.15. The minimum atomic E-state index is -0.469. The first-order valence-corrected chi connectivity index (χ1v) is 7.58. The van der Waals surface area contributed by atoms with Crippen molar-refractivity contribution in [3.8, 4) is 0 Å². The van der Waals surface area contributed by atoms with Gasteiger partial charge >= 0.3 is 0 Å². The molecule has 0 aromatic heterocycles. The summed E-state index contributed by atoms with van der Waals surface area (Å²) in [5, 5.41) is 2.80. The lowest BCUT2D eigenvalue weighted by Gasteiger charge is -2.21. The van der Waals surface area contributed by atoms with Crippen molar-refractivity contribution < 1.29 is 18.5 Å². The minimum absolute atomic E-state index is 0.136. The van der Waals surface area contributed by atoms with Gasteiger partial charge in [-0.25, -0.2) is 8.78 Å². The zero-order valence-electron chi connectivity index (χ0n) is 12.9. The van der Waals surface area contributed by atoms with E-state index >= 15 is 0 Å². The van der Waals surface area contributed by atoms with E-state index in [1.165, 1.54) is 18.2 Å². The third-order valence-electron chi connectivity index (χ3n) is 3.75. The Balaban J connectivity index is 2.02. The summed E-state index contributed by atoms with van der Waals surface area (Å²) in [4.78, 5) is 13.1. The zero-order valence-corrected chi connectivity index (χ0v) is 13.6. The molecule has 0 aliphatic rings. The van der Waals surface area contributed by atoms with Crippen molar-refractivity contribution in [1.29, 1.82) is 0 Å². The van der Waals surface area contributed by atoms with E-state index in [4.69, 9.17) is 11.6 Å². The van der Waals surface area contributed by atoms with Crippen LogP contribution in [0.3, 0.4) is 0 Å². The summed E-state index contributed by atoms with van der Waals surface area (Å²) < 4.78 is 26.7.